The van der Waals surface area contributed by atoms with Gasteiger partial charge in [-0.1, -0.05) is 24.3 Å². The van der Waals surface area contributed by atoms with E-state index in [1.165, 1.54) is 23.7 Å². The van der Waals surface area contributed by atoms with Crippen LogP contribution in [0.3, 0.4) is 0 Å². The van der Waals surface area contributed by atoms with Crippen LogP contribution in [0.4, 0.5) is 11.4 Å². The van der Waals surface area contributed by atoms with Gasteiger partial charge in [0.05, 0.1) is 30.6 Å². The Morgan fingerprint density at radius 3 is 2.39 bits per heavy atom. The van der Waals surface area contributed by atoms with Crippen LogP contribution in [0.25, 0.3) is 5.69 Å². The minimum atomic E-state index is -0.182. The molecule has 7 nitrogen and oxygen atoms in total. The van der Waals surface area contributed by atoms with Crippen molar-refractivity contribution in [2.75, 3.05) is 17.3 Å². The van der Waals surface area contributed by atoms with Crippen LogP contribution in [-0.4, -0.2) is 27.7 Å². The maximum atomic E-state index is 11.9. The van der Waals surface area contributed by atoms with Crippen molar-refractivity contribution in [3.05, 3.63) is 101 Å². The van der Waals surface area contributed by atoms with Crippen molar-refractivity contribution < 1.29 is 9.53 Å². The highest BCUT2D eigenvalue weighted by atomic mass is 32.1. The summed E-state index contributed by atoms with van der Waals surface area (Å²) in [7, 11) is 1.59. The van der Waals surface area contributed by atoms with Gasteiger partial charge in [-0.2, -0.15) is 0 Å². The van der Waals surface area contributed by atoms with Crippen LogP contribution in [0.1, 0.15) is 47.2 Å². The molecule has 1 fully saturated rings. The summed E-state index contributed by atoms with van der Waals surface area (Å²) in [4.78, 5) is 18.8. The van der Waals surface area contributed by atoms with Gasteiger partial charge in [-0.25, -0.2) is 0 Å². The summed E-state index contributed by atoms with van der Waals surface area (Å²) in [6.45, 7) is 7.97. The summed E-state index contributed by atoms with van der Waals surface area (Å²) in [5.41, 5.74) is 8.16. The summed E-state index contributed by atoms with van der Waals surface area (Å²) in [6.07, 6.45) is 1.81. The number of carbonyl (C=O) groups excluding carboxylic acids is 1. The molecule has 1 amide bonds. The van der Waals surface area contributed by atoms with Gasteiger partial charge >= 0.3 is 0 Å². The molecule has 0 spiro atoms. The van der Waals surface area contributed by atoms with E-state index in [9.17, 15) is 4.79 Å². The van der Waals surface area contributed by atoms with E-state index in [0.29, 0.717) is 16.5 Å². The highest BCUT2D eigenvalue weighted by molar-refractivity contribution is 7.80. The largest absolute Gasteiger partial charge is 0.495 e. The number of amides is 1. The molecule has 8 heteroatoms. The fourth-order valence-electron chi connectivity index (χ4n) is 5.47. The summed E-state index contributed by atoms with van der Waals surface area (Å²) in [6, 6.07) is 21.7. The second-order valence-corrected chi connectivity index (χ2v) is 9.83. The SMILES string of the molecule is COc1ccc(N2C(=S)N[C@H](c3ccccn3)[C@H]2c2c(C)c(C)n(-c3ccccc3)c2C)cc1NC(C)=O. The van der Waals surface area contributed by atoms with Crippen molar-refractivity contribution in [1.82, 2.24) is 14.9 Å². The molecular weight excluding hydrogens is 494 g/mol. The lowest BCUT2D eigenvalue weighted by Crippen LogP contribution is -2.30. The van der Waals surface area contributed by atoms with E-state index in [1.807, 2.05) is 48.7 Å². The van der Waals surface area contributed by atoms with Crippen molar-refractivity contribution in [1.29, 1.82) is 0 Å². The lowest BCUT2D eigenvalue weighted by atomic mass is 9.93. The van der Waals surface area contributed by atoms with Gasteiger partial charge in [0.25, 0.3) is 0 Å². The zero-order valence-corrected chi connectivity index (χ0v) is 23.0. The van der Waals surface area contributed by atoms with Crippen LogP contribution in [0.5, 0.6) is 5.75 Å². The van der Waals surface area contributed by atoms with Gasteiger partial charge in [0.1, 0.15) is 5.75 Å². The fourth-order valence-corrected chi connectivity index (χ4v) is 5.81. The molecule has 38 heavy (non-hydrogen) atoms. The maximum absolute atomic E-state index is 11.9. The number of pyridine rings is 1. The minimum Gasteiger partial charge on any atom is -0.495 e. The highest BCUT2D eigenvalue weighted by Crippen LogP contribution is 2.46. The molecule has 1 saturated heterocycles. The number of hydrogen-bond donors (Lipinski definition) is 2. The van der Waals surface area contributed by atoms with Crippen molar-refractivity contribution in [3.63, 3.8) is 0 Å². The Morgan fingerprint density at radius 2 is 1.74 bits per heavy atom. The average Bonchev–Trinajstić information content (AvgIpc) is 3.36. The van der Waals surface area contributed by atoms with Gasteiger partial charge in [-0.15, -0.1) is 0 Å². The molecule has 2 aromatic heterocycles. The lowest BCUT2D eigenvalue weighted by Gasteiger charge is -2.29. The number of thiocarbonyl (C=S) groups is 1. The first-order valence-corrected chi connectivity index (χ1v) is 12.9. The number of methoxy groups -OCH3 is 1. The Kier molecular flexibility index (Phi) is 6.91. The van der Waals surface area contributed by atoms with Gasteiger partial charge in [0, 0.05) is 41.4 Å². The standard InChI is InChI=1S/C30H31N5O2S/c1-18-19(2)34(22-11-7-6-8-12-22)20(3)27(18)29-28(24-13-9-10-16-31-24)33-30(38)35(29)23-14-15-26(37-5)25(17-23)32-21(4)36/h6-17,28-29H,1-5H3,(H,32,36)(H,33,38)/t28-,29-/m1/s1. The van der Waals surface area contributed by atoms with Crippen molar-refractivity contribution >= 4 is 34.6 Å². The predicted molar refractivity (Wildman–Crippen MR) is 155 cm³/mol. The molecule has 194 valence electrons. The van der Waals surface area contributed by atoms with E-state index in [-0.39, 0.29) is 18.0 Å². The second kappa shape index (κ2) is 10.3. The van der Waals surface area contributed by atoms with E-state index in [4.69, 9.17) is 21.9 Å². The minimum absolute atomic E-state index is 0.173. The summed E-state index contributed by atoms with van der Waals surface area (Å²) in [5, 5.41) is 7.02. The number of anilines is 2. The molecule has 0 unspecified atom stereocenters. The Balaban J connectivity index is 1.72. The number of carbonyl (C=O) groups is 1. The molecule has 4 aromatic rings. The molecular formula is C30H31N5O2S. The molecule has 3 heterocycles. The Bertz CT molecular complexity index is 1500. The number of para-hydroxylation sites is 1. The van der Waals surface area contributed by atoms with E-state index in [0.717, 1.165) is 22.8 Å². The first-order valence-electron chi connectivity index (χ1n) is 12.5. The zero-order valence-electron chi connectivity index (χ0n) is 22.1. The van der Waals surface area contributed by atoms with E-state index in [2.05, 4.69) is 65.1 Å². The predicted octanol–water partition coefficient (Wildman–Crippen LogP) is 5.94. The van der Waals surface area contributed by atoms with Gasteiger partial charge in [-0.05, 0) is 81.0 Å². The molecule has 0 bridgehead atoms. The van der Waals surface area contributed by atoms with Crippen LogP contribution in [-0.2, 0) is 4.79 Å². The highest BCUT2D eigenvalue weighted by Gasteiger charge is 2.43. The third kappa shape index (κ3) is 4.41. The number of benzene rings is 2. The van der Waals surface area contributed by atoms with Crippen LogP contribution < -0.4 is 20.3 Å². The molecule has 0 saturated carbocycles. The number of nitrogens with one attached hydrogen (secondary N) is 2. The number of rotatable bonds is 6. The second-order valence-electron chi connectivity index (χ2n) is 9.44. The average molecular weight is 526 g/mol. The van der Waals surface area contributed by atoms with Crippen LogP contribution in [0.15, 0.2) is 72.9 Å². The van der Waals surface area contributed by atoms with Gasteiger partial charge in [-0.3, -0.25) is 9.78 Å². The molecule has 2 atom stereocenters. The molecule has 2 aromatic carbocycles. The molecule has 1 aliphatic heterocycles. The number of nitrogens with zero attached hydrogens (tertiary/aromatic N) is 3. The summed E-state index contributed by atoms with van der Waals surface area (Å²) >= 11 is 5.95. The van der Waals surface area contributed by atoms with Crippen molar-refractivity contribution in [3.8, 4) is 11.4 Å². The normalized spacial score (nSPS) is 16.9. The van der Waals surface area contributed by atoms with E-state index < -0.39 is 0 Å². The van der Waals surface area contributed by atoms with Crippen molar-refractivity contribution in [2.45, 2.75) is 39.8 Å². The number of aromatic nitrogens is 2. The topological polar surface area (TPSA) is 71.4 Å². The van der Waals surface area contributed by atoms with Gasteiger partial charge in [0.2, 0.25) is 5.91 Å². The van der Waals surface area contributed by atoms with Crippen LogP contribution in [0, 0.1) is 20.8 Å². The lowest BCUT2D eigenvalue weighted by molar-refractivity contribution is -0.114. The molecule has 5 rings (SSSR count). The number of hydrogen-bond acceptors (Lipinski definition) is 4. The first-order chi connectivity index (χ1) is 18.3. The van der Waals surface area contributed by atoms with Crippen LogP contribution >= 0.6 is 12.2 Å². The number of ether oxygens (including phenoxy) is 1. The third-order valence-electron chi connectivity index (χ3n) is 7.19. The monoisotopic (exact) mass is 525 g/mol. The van der Waals surface area contributed by atoms with E-state index >= 15 is 0 Å². The third-order valence-corrected chi connectivity index (χ3v) is 7.50. The molecule has 1 aliphatic rings. The van der Waals surface area contributed by atoms with E-state index in [1.54, 1.807) is 7.11 Å². The van der Waals surface area contributed by atoms with Crippen molar-refractivity contribution in [2.24, 2.45) is 0 Å². The van der Waals surface area contributed by atoms with Gasteiger partial charge < -0.3 is 24.8 Å². The Hall–Kier alpha value is -4.17. The quantitative estimate of drug-likeness (QED) is 0.304. The van der Waals surface area contributed by atoms with Crippen LogP contribution in [0.2, 0.25) is 0 Å². The molecule has 2 N–H and O–H groups in total. The Morgan fingerprint density at radius 1 is 1.00 bits per heavy atom. The van der Waals surface area contributed by atoms with Gasteiger partial charge in [0.15, 0.2) is 5.11 Å². The molecule has 0 radical (unpaired) electrons. The fraction of sp³-hybridized carbons (Fsp3) is 0.233. The summed E-state index contributed by atoms with van der Waals surface area (Å²) < 4.78 is 7.81. The molecule has 0 aliphatic carbocycles. The first kappa shape index (κ1) is 25.5. The smallest absolute Gasteiger partial charge is 0.221 e. The maximum Gasteiger partial charge on any atom is 0.221 e. The Labute approximate surface area is 228 Å². The zero-order chi connectivity index (χ0) is 27.0. The summed E-state index contributed by atoms with van der Waals surface area (Å²) in [5.74, 6) is 0.408.